The van der Waals surface area contributed by atoms with Gasteiger partial charge in [0.05, 0.1) is 7.11 Å². The lowest BCUT2D eigenvalue weighted by molar-refractivity contribution is 0.307. The van der Waals surface area contributed by atoms with Crippen LogP contribution in [0.2, 0.25) is 0 Å². The molecule has 0 aliphatic heterocycles. The fourth-order valence-corrected chi connectivity index (χ4v) is 1.73. The molecule has 1 aliphatic carbocycles. The van der Waals surface area contributed by atoms with Crippen molar-refractivity contribution >= 4 is 5.95 Å². The van der Waals surface area contributed by atoms with Gasteiger partial charge in [0.1, 0.15) is 0 Å². The lowest BCUT2D eigenvalue weighted by atomic mass is 9.82. The average Bonchev–Trinajstić information content (AvgIpc) is 2.16. The molecular formula is C10H15N3O. The summed E-state index contributed by atoms with van der Waals surface area (Å²) in [5.41, 5.74) is 0. The highest BCUT2D eigenvalue weighted by molar-refractivity contribution is 5.29. The number of hydrogen-bond acceptors (Lipinski definition) is 4. The van der Waals surface area contributed by atoms with Gasteiger partial charge in [0.2, 0.25) is 11.8 Å². The Labute approximate surface area is 83.7 Å². The minimum absolute atomic E-state index is 0.539. The first-order valence-corrected chi connectivity index (χ1v) is 4.91. The summed E-state index contributed by atoms with van der Waals surface area (Å²) in [6.45, 7) is 2.25. The quantitative estimate of drug-likeness (QED) is 0.793. The zero-order chi connectivity index (χ0) is 9.97. The molecule has 4 nitrogen and oxygen atoms in total. The van der Waals surface area contributed by atoms with Crippen LogP contribution in [0.4, 0.5) is 5.95 Å². The summed E-state index contributed by atoms with van der Waals surface area (Å²) < 4.78 is 5.02. The number of nitrogens with zero attached hydrogens (tertiary/aromatic N) is 2. The lowest BCUT2D eigenvalue weighted by Crippen LogP contribution is -2.34. The van der Waals surface area contributed by atoms with Gasteiger partial charge in [-0.2, -0.15) is 4.98 Å². The molecule has 1 saturated carbocycles. The van der Waals surface area contributed by atoms with Crippen molar-refractivity contribution in [3.63, 3.8) is 0 Å². The van der Waals surface area contributed by atoms with E-state index in [1.54, 1.807) is 19.4 Å². The van der Waals surface area contributed by atoms with E-state index in [0.29, 0.717) is 17.9 Å². The van der Waals surface area contributed by atoms with Crippen molar-refractivity contribution in [1.82, 2.24) is 9.97 Å². The number of rotatable bonds is 3. The number of anilines is 1. The van der Waals surface area contributed by atoms with E-state index >= 15 is 0 Å². The van der Waals surface area contributed by atoms with Gasteiger partial charge in [-0.25, -0.2) is 4.98 Å². The van der Waals surface area contributed by atoms with Gasteiger partial charge in [-0.3, -0.25) is 0 Å². The molecule has 1 N–H and O–H groups in total. The maximum Gasteiger partial charge on any atom is 0.226 e. The van der Waals surface area contributed by atoms with Crippen LogP contribution in [-0.4, -0.2) is 23.1 Å². The van der Waals surface area contributed by atoms with Crippen LogP contribution < -0.4 is 10.1 Å². The van der Waals surface area contributed by atoms with Gasteiger partial charge in [0, 0.05) is 18.3 Å². The van der Waals surface area contributed by atoms with Crippen molar-refractivity contribution < 1.29 is 4.74 Å². The van der Waals surface area contributed by atoms with Crippen molar-refractivity contribution in [1.29, 1.82) is 0 Å². The minimum atomic E-state index is 0.539. The lowest BCUT2D eigenvalue weighted by Gasteiger charge is -2.33. The fraction of sp³-hybridized carbons (Fsp3) is 0.600. The van der Waals surface area contributed by atoms with Gasteiger partial charge in [-0.1, -0.05) is 6.92 Å². The Morgan fingerprint density at radius 2 is 2.29 bits per heavy atom. The molecular weight excluding hydrogens is 178 g/mol. The summed E-state index contributed by atoms with van der Waals surface area (Å²) in [6, 6.07) is 2.28. The summed E-state index contributed by atoms with van der Waals surface area (Å²) in [7, 11) is 1.61. The molecule has 1 aromatic rings. The van der Waals surface area contributed by atoms with Crippen LogP contribution in [0.1, 0.15) is 19.8 Å². The van der Waals surface area contributed by atoms with Gasteiger partial charge in [0.15, 0.2) is 0 Å². The monoisotopic (exact) mass is 193 g/mol. The van der Waals surface area contributed by atoms with E-state index < -0.39 is 0 Å². The minimum Gasteiger partial charge on any atom is -0.481 e. The van der Waals surface area contributed by atoms with E-state index in [4.69, 9.17) is 4.74 Å². The number of hydrogen-bond donors (Lipinski definition) is 1. The molecule has 1 heterocycles. The molecule has 0 bridgehead atoms. The highest BCUT2D eigenvalue weighted by Crippen LogP contribution is 2.28. The molecule has 0 atom stereocenters. The Bertz CT molecular complexity index is 310. The average molecular weight is 193 g/mol. The largest absolute Gasteiger partial charge is 0.481 e. The molecule has 1 aromatic heterocycles. The molecule has 76 valence electrons. The predicted octanol–water partition coefficient (Wildman–Crippen LogP) is 1.70. The second kappa shape index (κ2) is 3.82. The van der Waals surface area contributed by atoms with Crippen molar-refractivity contribution in [3.05, 3.63) is 12.3 Å². The van der Waals surface area contributed by atoms with Crippen molar-refractivity contribution in [2.45, 2.75) is 25.8 Å². The van der Waals surface area contributed by atoms with Gasteiger partial charge < -0.3 is 10.1 Å². The number of ether oxygens (including phenoxy) is 1. The second-order valence-electron chi connectivity index (χ2n) is 3.84. The maximum absolute atomic E-state index is 5.02. The number of nitrogens with one attached hydrogen (secondary N) is 1. The second-order valence-corrected chi connectivity index (χ2v) is 3.84. The molecule has 0 spiro atoms. The zero-order valence-electron chi connectivity index (χ0n) is 8.53. The molecule has 0 aromatic carbocycles. The summed E-state index contributed by atoms with van der Waals surface area (Å²) in [4.78, 5) is 8.33. The van der Waals surface area contributed by atoms with Crippen LogP contribution in [-0.2, 0) is 0 Å². The summed E-state index contributed by atoms with van der Waals surface area (Å²) >= 11 is 0. The standard InChI is InChI=1S/C10H15N3O/c1-7-5-8(6-7)12-10-11-4-3-9(13-10)14-2/h3-4,7-8H,5-6H2,1-2H3,(H,11,12,13). The first-order valence-electron chi connectivity index (χ1n) is 4.91. The normalized spacial score (nSPS) is 25.3. The van der Waals surface area contributed by atoms with E-state index in [1.807, 2.05) is 0 Å². The molecule has 0 amide bonds. The molecule has 1 fully saturated rings. The number of aromatic nitrogens is 2. The van der Waals surface area contributed by atoms with Gasteiger partial charge in [0.25, 0.3) is 0 Å². The van der Waals surface area contributed by atoms with Crippen LogP contribution in [0.25, 0.3) is 0 Å². The van der Waals surface area contributed by atoms with Gasteiger partial charge in [-0.05, 0) is 18.8 Å². The highest BCUT2D eigenvalue weighted by atomic mass is 16.5. The first kappa shape index (κ1) is 9.24. The molecule has 1 aliphatic rings. The Hall–Kier alpha value is -1.32. The van der Waals surface area contributed by atoms with E-state index in [9.17, 15) is 0 Å². The summed E-state index contributed by atoms with van der Waals surface area (Å²) in [5, 5.41) is 3.28. The van der Waals surface area contributed by atoms with Crippen LogP contribution in [0, 0.1) is 5.92 Å². The van der Waals surface area contributed by atoms with Crippen LogP contribution in [0.15, 0.2) is 12.3 Å². The third kappa shape index (κ3) is 1.95. The number of methoxy groups -OCH3 is 1. The summed E-state index contributed by atoms with van der Waals surface area (Å²) in [5.74, 6) is 2.11. The van der Waals surface area contributed by atoms with Crippen LogP contribution >= 0.6 is 0 Å². The van der Waals surface area contributed by atoms with E-state index in [0.717, 1.165) is 5.92 Å². The van der Waals surface area contributed by atoms with Crippen molar-refractivity contribution in [2.24, 2.45) is 5.92 Å². The molecule has 4 heteroatoms. The topological polar surface area (TPSA) is 47.0 Å². The van der Waals surface area contributed by atoms with Crippen LogP contribution in [0.5, 0.6) is 5.88 Å². The molecule has 0 saturated heterocycles. The predicted molar refractivity (Wildman–Crippen MR) is 54.4 cm³/mol. The molecule has 0 radical (unpaired) electrons. The van der Waals surface area contributed by atoms with Crippen molar-refractivity contribution in [3.8, 4) is 5.88 Å². The maximum atomic E-state index is 5.02. The Kier molecular flexibility index (Phi) is 2.52. The third-order valence-corrected chi connectivity index (χ3v) is 2.55. The van der Waals surface area contributed by atoms with Crippen molar-refractivity contribution in [2.75, 3.05) is 12.4 Å². The third-order valence-electron chi connectivity index (χ3n) is 2.55. The Morgan fingerprint density at radius 1 is 1.50 bits per heavy atom. The van der Waals surface area contributed by atoms with E-state index in [2.05, 4.69) is 22.2 Å². The Morgan fingerprint density at radius 3 is 2.93 bits per heavy atom. The fourth-order valence-electron chi connectivity index (χ4n) is 1.73. The highest BCUT2D eigenvalue weighted by Gasteiger charge is 2.25. The zero-order valence-corrected chi connectivity index (χ0v) is 8.53. The first-order chi connectivity index (χ1) is 6.78. The molecule has 0 unspecified atom stereocenters. The van der Waals surface area contributed by atoms with E-state index in [-0.39, 0.29) is 0 Å². The van der Waals surface area contributed by atoms with Gasteiger partial charge >= 0.3 is 0 Å². The smallest absolute Gasteiger partial charge is 0.226 e. The molecule has 14 heavy (non-hydrogen) atoms. The summed E-state index contributed by atoms with van der Waals surface area (Å²) in [6.07, 6.45) is 4.12. The SMILES string of the molecule is COc1ccnc(NC2CC(C)C2)n1. The van der Waals surface area contributed by atoms with Gasteiger partial charge in [-0.15, -0.1) is 0 Å². The van der Waals surface area contributed by atoms with E-state index in [1.165, 1.54) is 12.8 Å². The Balaban J connectivity index is 1.95. The van der Waals surface area contributed by atoms with Crippen LogP contribution in [0.3, 0.4) is 0 Å². The molecule has 2 rings (SSSR count).